The quantitative estimate of drug-likeness (QED) is 0.355. The number of carbonyl (C=O) groups is 2. The SMILES string of the molecule is C=C1/C(=C\C=C2/CCC[C@]3(C)[C@@H](C4(CCCC(C)(C)O)CC4)CC[C@@H]23)C[C@@H](OC(C)=O)C[C@@H]1OC(C)=O. The number of aliphatic hydroxyl groups is 1. The van der Waals surface area contributed by atoms with Crippen LogP contribution in [0.1, 0.15) is 112 Å². The van der Waals surface area contributed by atoms with Crippen LogP contribution >= 0.6 is 0 Å². The standard InChI is InChI=1S/C32H48O5/c1-21-25(19-26(36-22(2)33)20-28(21)37-23(3)34)11-10-24-9-7-15-31(6)27(24)12-13-29(31)32(17-18-32)16-8-14-30(4,5)35/h10-11,26-29,35H,1,7-9,12-20H2,2-6H3/b24-10+,25-11-/t26-,27+,28+,29+,31+/m1/s1. The molecule has 4 aliphatic rings. The van der Waals surface area contributed by atoms with Crippen LogP contribution in [-0.4, -0.2) is 34.9 Å². The van der Waals surface area contributed by atoms with Crippen LogP contribution < -0.4 is 0 Å². The van der Waals surface area contributed by atoms with E-state index >= 15 is 0 Å². The van der Waals surface area contributed by atoms with Crippen molar-refractivity contribution in [3.05, 3.63) is 35.5 Å². The van der Waals surface area contributed by atoms with E-state index in [1.165, 1.54) is 58.8 Å². The van der Waals surface area contributed by atoms with Crippen molar-refractivity contribution in [2.45, 2.75) is 129 Å². The van der Waals surface area contributed by atoms with Crippen LogP contribution in [0.5, 0.6) is 0 Å². The Morgan fingerprint density at radius 3 is 2.43 bits per heavy atom. The number of esters is 2. The molecule has 0 aromatic carbocycles. The Bertz CT molecular complexity index is 962. The number of fused-ring (bicyclic) bond motifs is 1. The third-order valence-corrected chi connectivity index (χ3v) is 9.92. The highest BCUT2D eigenvalue weighted by molar-refractivity contribution is 5.67. The van der Waals surface area contributed by atoms with Crippen molar-refractivity contribution in [2.75, 3.05) is 0 Å². The van der Waals surface area contributed by atoms with Gasteiger partial charge in [-0.25, -0.2) is 0 Å². The molecule has 0 radical (unpaired) electrons. The number of allylic oxidation sites excluding steroid dienone is 3. The summed E-state index contributed by atoms with van der Waals surface area (Å²) in [6.45, 7) is 13.5. The maximum absolute atomic E-state index is 11.7. The van der Waals surface area contributed by atoms with Crippen LogP contribution in [0.3, 0.4) is 0 Å². The molecular weight excluding hydrogens is 464 g/mol. The average molecular weight is 513 g/mol. The fraction of sp³-hybridized carbons (Fsp3) is 0.750. The predicted octanol–water partition coefficient (Wildman–Crippen LogP) is 6.99. The van der Waals surface area contributed by atoms with Crippen molar-refractivity contribution in [3.63, 3.8) is 0 Å². The first kappa shape index (κ1) is 28.1. The van der Waals surface area contributed by atoms with E-state index in [0.29, 0.717) is 29.6 Å². The van der Waals surface area contributed by atoms with Gasteiger partial charge in [0.1, 0.15) is 12.2 Å². The summed E-state index contributed by atoms with van der Waals surface area (Å²) in [5.41, 5.74) is 3.64. The molecule has 4 fully saturated rings. The van der Waals surface area contributed by atoms with Gasteiger partial charge < -0.3 is 14.6 Å². The predicted molar refractivity (Wildman–Crippen MR) is 146 cm³/mol. The van der Waals surface area contributed by atoms with Crippen molar-refractivity contribution >= 4 is 11.9 Å². The van der Waals surface area contributed by atoms with E-state index in [-0.39, 0.29) is 18.0 Å². The average Bonchev–Trinajstić information content (AvgIpc) is 3.45. The minimum Gasteiger partial charge on any atom is -0.462 e. The Hall–Kier alpha value is -1.88. The normalized spacial score (nSPS) is 35.4. The second-order valence-corrected chi connectivity index (χ2v) is 13.3. The highest BCUT2D eigenvalue weighted by atomic mass is 16.6. The van der Waals surface area contributed by atoms with Crippen LogP contribution in [0.2, 0.25) is 0 Å². The van der Waals surface area contributed by atoms with Gasteiger partial charge in [0, 0.05) is 26.7 Å². The second kappa shape index (κ2) is 10.7. The van der Waals surface area contributed by atoms with Crippen LogP contribution in [0.4, 0.5) is 0 Å². The number of carbonyl (C=O) groups excluding carboxylic acids is 2. The highest BCUT2D eigenvalue weighted by Crippen LogP contribution is 2.70. The Kier molecular flexibility index (Phi) is 8.14. The summed E-state index contributed by atoms with van der Waals surface area (Å²) in [6, 6.07) is 0. The first-order chi connectivity index (χ1) is 17.3. The molecule has 0 aromatic heterocycles. The summed E-state index contributed by atoms with van der Waals surface area (Å²) in [4.78, 5) is 23.3. The fourth-order valence-corrected chi connectivity index (χ4v) is 8.13. The van der Waals surface area contributed by atoms with Gasteiger partial charge in [0.25, 0.3) is 0 Å². The van der Waals surface area contributed by atoms with Gasteiger partial charge in [0.05, 0.1) is 5.60 Å². The van der Waals surface area contributed by atoms with Gasteiger partial charge in [-0.05, 0) is 105 Å². The smallest absolute Gasteiger partial charge is 0.303 e. The van der Waals surface area contributed by atoms with E-state index in [4.69, 9.17) is 9.47 Å². The van der Waals surface area contributed by atoms with Crippen molar-refractivity contribution < 1.29 is 24.2 Å². The lowest BCUT2D eigenvalue weighted by Gasteiger charge is -2.45. The van der Waals surface area contributed by atoms with Crippen molar-refractivity contribution in [3.8, 4) is 0 Å². The maximum atomic E-state index is 11.7. The zero-order chi connectivity index (χ0) is 27.0. The van der Waals surface area contributed by atoms with Crippen molar-refractivity contribution in [2.24, 2.45) is 22.7 Å². The second-order valence-electron chi connectivity index (χ2n) is 13.3. The minimum absolute atomic E-state index is 0.303. The van der Waals surface area contributed by atoms with Gasteiger partial charge in [-0.3, -0.25) is 9.59 Å². The molecule has 0 bridgehead atoms. The molecule has 206 valence electrons. The van der Waals surface area contributed by atoms with E-state index in [9.17, 15) is 14.7 Å². The lowest BCUT2D eigenvalue weighted by atomic mass is 9.59. The molecule has 37 heavy (non-hydrogen) atoms. The third kappa shape index (κ3) is 6.41. The summed E-state index contributed by atoms with van der Waals surface area (Å²) in [7, 11) is 0. The Morgan fingerprint density at radius 1 is 1.11 bits per heavy atom. The van der Waals surface area contributed by atoms with E-state index < -0.39 is 11.7 Å². The monoisotopic (exact) mass is 512 g/mol. The number of ether oxygens (including phenoxy) is 2. The summed E-state index contributed by atoms with van der Waals surface area (Å²) >= 11 is 0. The van der Waals surface area contributed by atoms with Crippen LogP contribution in [0.15, 0.2) is 35.5 Å². The molecule has 0 unspecified atom stereocenters. The summed E-state index contributed by atoms with van der Waals surface area (Å²) < 4.78 is 11.0. The molecule has 5 nitrogen and oxygen atoms in total. The molecule has 0 aliphatic heterocycles. The van der Waals surface area contributed by atoms with Gasteiger partial charge >= 0.3 is 11.9 Å². The highest BCUT2D eigenvalue weighted by Gasteiger charge is 2.60. The first-order valence-corrected chi connectivity index (χ1v) is 14.5. The summed E-state index contributed by atoms with van der Waals surface area (Å²) in [6.07, 6.45) is 17.0. The Morgan fingerprint density at radius 2 is 1.81 bits per heavy atom. The zero-order valence-corrected chi connectivity index (χ0v) is 23.7. The van der Waals surface area contributed by atoms with Gasteiger partial charge in [0.15, 0.2) is 0 Å². The Balaban J connectivity index is 1.51. The minimum atomic E-state index is -0.571. The first-order valence-electron chi connectivity index (χ1n) is 14.5. The van der Waals surface area contributed by atoms with Gasteiger partial charge in [-0.15, -0.1) is 0 Å². The molecule has 4 aliphatic carbocycles. The zero-order valence-electron chi connectivity index (χ0n) is 23.7. The lowest BCUT2D eigenvalue weighted by Crippen LogP contribution is -2.37. The lowest BCUT2D eigenvalue weighted by molar-refractivity contribution is -0.152. The largest absolute Gasteiger partial charge is 0.462 e. The van der Waals surface area contributed by atoms with E-state index in [2.05, 4.69) is 25.7 Å². The van der Waals surface area contributed by atoms with E-state index in [1.807, 2.05) is 13.8 Å². The van der Waals surface area contributed by atoms with E-state index in [0.717, 1.165) is 36.3 Å². The molecule has 0 saturated heterocycles. The molecule has 1 N–H and O–H groups in total. The molecule has 0 amide bonds. The molecule has 4 rings (SSSR count). The summed E-state index contributed by atoms with van der Waals surface area (Å²) in [5, 5.41) is 10.2. The van der Waals surface area contributed by atoms with E-state index in [1.54, 1.807) is 5.57 Å². The third-order valence-electron chi connectivity index (χ3n) is 9.92. The molecule has 0 spiro atoms. The van der Waals surface area contributed by atoms with Gasteiger partial charge in [-0.2, -0.15) is 0 Å². The van der Waals surface area contributed by atoms with Crippen LogP contribution in [0.25, 0.3) is 0 Å². The molecule has 5 atom stereocenters. The molecule has 0 aromatic rings. The van der Waals surface area contributed by atoms with Crippen LogP contribution in [0, 0.1) is 22.7 Å². The Labute approximate surface area is 223 Å². The van der Waals surface area contributed by atoms with Gasteiger partial charge in [-0.1, -0.05) is 37.6 Å². The number of hydrogen-bond acceptors (Lipinski definition) is 5. The topological polar surface area (TPSA) is 72.8 Å². The van der Waals surface area contributed by atoms with Crippen LogP contribution in [-0.2, 0) is 19.1 Å². The fourth-order valence-electron chi connectivity index (χ4n) is 8.13. The van der Waals surface area contributed by atoms with Crippen molar-refractivity contribution in [1.82, 2.24) is 0 Å². The molecule has 4 saturated carbocycles. The molecule has 5 heteroatoms. The number of hydrogen-bond donors (Lipinski definition) is 1. The van der Waals surface area contributed by atoms with Crippen molar-refractivity contribution in [1.29, 1.82) is 0 Å². The number of rotatable bonds is 8. The summed E-state index contributed by atoms with van der Waals surface area (Å²) in [5.74, 6) is 0.729. The maximum Gasteiger partial charge on any atom is 0.303 e. The van der Waals surface area contributed by atoms with Gasteiger partial charge in [0.2, 0.25) is 0 Å². The molecule has 0 heterocycles. The molecular formula is C32H48O5.